The number of pyridine rings is 1. The Balaban J connectivity index is 2.37. The third-order valence-corrected chi connectivity index (χ3v) is 1.88. The maximum Gasteiger partial charge on any atom is 0.0419 e. The zero-order chi connectivity index (χ0) is 9.68. The van der Waals surface area contributed by atoms with E-state index in [-0.39, 0.29) is 0 Å². The van der Waals surface area contributed by atoms with E-state index in [1.54, 1.807) is 0 Å². The van der Waals surface area contributed by atoms with Crippen molar-refractivity contribution in [1.29, 1.82) is 0 Å². The lowest BCUT2D eigenvalue weighted by atomic mass is 10.2. The van der Waals surface area contributed by atoms with Crippen LogP contribution in [0.2, 0.25) is 0 Å². The van der Waals surface area contributed by atoms with Gasteiger partial charge in [-0.15, -0.1) is 0 Å². The summed E-state index contributed by atoms with van der Waals surface area (Å²) in [6.45, 7) is 7.35. The normalized spacial score (nSPS) is 10.8. The minimum absolute atomic E-state index is 0.560. The van der Waals surface area contributed by atoms with Crippen LogP contribution in [-0.2, 0) is 6.42 Å². The van der Waals surface area contributed by atoms with Crippen LogP contribution in [0.15, 0.2) is 18.2 Å². The zero-order valence-corrected chi connectivity index (χ0v) is 8.67. The Kier molecular flexibility index (Phi) is 3.90. The number of aryl methyl sites for hydroxylation is 1. The highest BCUT2D eigenvalue weighted by Gasteiger charge is 1.95. The number of hydrogen-bond donors (Lipinski definition) is 1. The molecular formula is C11H18N2. The van der Waals surface area contributed by atoms with Gasteiger partial charge in [0.15, 0.2) is 0 Å². The van der Waals surface area contributed by atoms with Crippen LogP contribution in [-0.4, -0.2) is 17.6 Å². The monoisotopic (exact) mass is 178 g/mol. The first-order chi connectivity index (χ1) is 6.18. The first kappa shape index (κ1) is 10.2. The third-order valence-electron chi connectivity index (χ3n) is 1.88. The molecule has 0 saturated heterocycles. The molecule has 1 aromatic heterocycles. The molecule has 0 atom stereocenters. The van der Waals surface area contributed by atoms with Gasteiger partial charge in [0.25, 0.3) is 0 Å². The average molecular weight is 178 g/mol. The number of nitrogens with one attached hydrogen (secondary N) is 1. The minimum atomic E-state index is 0.560. The van der Waals surface area contributed by atoms with E-state index in [4.69, 9.17) is 0 Å². The summed E-state index contributed by atoms with van der Waals surface area (Å²) in [6, 6.07) is 6.73. The molecule has 0 amide bonds. The molecule has 0 aromatic carbocycles. The van der Waals surface area contributed by atoms with Gasteiger partial charge in [-0.25, -0.2) is 0 Å². The first-order valence-electron chi connectivity index (χ1n) is 4.84. The first-order valence-corrected chi connectivity index (χ1v) is 4.84. The largest absolute Gasteiger partial charge is 0.314 e. The lowest BCUT2D eigenvalue weighted by Gasteiger charge is -2.07. The molecule has 1 N–H and O–H groups in total. The van der Waals surface area contributed by atoms with E-state index in [0.717, 1.165) is 18.7 Å². The highest BCUT2D eigenvalue weighted by molar-refractivity contribution is 5.10. The van der Waals surface area contributed by atoms with Crippen molar-refractivity contribution in [2.75, 3.05) is 6.54 Å². The van der Waals surface area contributed by atoms with E-state index in [2.05, 4.69) is 36.3 Å². The summed E-state index contributed by atoms with van der Waals surface area (Å²) in [5.74, 6) is 0. The van der Waals surface area contributed by atoms with Gasteiger partial charge < -0.3 is 5.32 Å². The number of nitrogens with zero attached hydrogens (tertiary/aromatic N) is 1. The van der Waals surface area contributed by atoms with E-state index in [9.17, 15) is 0 Å². The molecule has 13 heavy (non-hydrogen) atoms. The molecule has 1 heterocycles. The lowest BCUT2D eigenvalue weighted by molar-refractivity contribution is 0.587. The Morgan fingerprint density at radius 2 is 2.15 bits per heavy atom. The molecule has 72 valence electrons. The second-order valence-electron chi connectivity index (χ2n) is 3.63. The molecule has 0 radical (unpaired) electrons. The Morgan fingerprint density at radius 3 is 2.77 bits per heavy atom. The van der Waals surface area contributed by atoms with Gasteiger partial charge >= 0.3 is 0 Å². The number of aromatic nitrogens is 1. The molecule has 1 rings (SSSR count). The van der Waals surface area contributed by atoms with Gasteiger partial charge in [0.05, 0.1) is 0 Å². The summed E-state index contributed by atoms with van der Waals surface area (Å²) in [5.41, 5.74) is 2.27. The van der Waals surface area contributed by atoms with Gasteiger partial charge in [-0.05, 0) is 19.1 Å². The van der Waals surface area contributed by atoms with Gasteiger partial charge in [0, 0.05) is 30.4 Å². The fourth-order valence-electron chi connectivity index (χ4n) is 1.23. The van der Waals surface area contributed by atoms with Gasteiger partial charge in [0.2, 0.25) is 0 Å². The zero-order valence-electron chi connectivity index (χ0n) is 8.67. The summed E-state index contributed by atoms with van der Waals surface area (Å²) in [7, 11) is 0. The maximum atomic E-state index is 4.43. The molecule has 2 heteroatoms. The Bertz CT molecular complexity index is 256. The molecule has 0 fully saturated rings. The number of rotatable bonds is 4. The molecule has 0 saturated carbocycles. The van der Waals surface area contributed by atoms with Gasteiger partial charge in [-0.1, -0.05) is 19.9 Å². The van der Waals surface area contributed by atoms with Gasteiger partial charge in [-0.3, -0.25) is 4.98 Å². The Labute approximate surface area is 80.4 Å². The minimum Gasteiger partial charge on any atom is -0.314 e. The van der Waals surface area contributed by atoms with Crippen LogP contribution in [0.1, 0.15) is 25.2 Å². The highest BCUT2D eigenvalue weighted by Crippen LogP contribution is 1.98. The molecule has 0 aliphatic rings. The van der Waals surface area contributed by atoms with Crippen molar-refractivity contribution in [1.82, 2.24) is 10.3 Å². The Morgan fingerprint density at radius 1 is 1.38 bits per heavy atom. The summed E-state index contributed by atoms with van der Waals surface area (Å²) in [6.07, 6.45) is 1.01. The van der Waals surface area contributed by atoms with Crippen LogP contribution < -0.4 is 5.32 Å². The van der Waals surface area contributed by atoms with Crippen LogP contribution in [0.5, 0.6) is 0 Å². The summed E-state index contributed by atoms with van der Waals surface area (Å²) < 4.78 is 0. The molecular weight excluding hydrogens is 160 g/mol. The molecule has 0 aliphatic carbocycles. The van der Waals surface area contributed by atoms with Gasteiger partial charge in [-0.2, -0.15) is 0 Å². The van der Waals surface area contributed by atoms with Crippen LogP contribution in [0.25, 0.3) is 0 Å². The third kappa shape index (κ3) is 4.04. The highest BCUT2D eigenvalue weighted by atomic mass is 14.9. The van der Waals surface area contributed by atoms with Crippen LogP contribution in [0.4, 0.5) is 0 Å². The number of hydrogen-bond acceptors (Lipinski definition) is 2. The molecule has 0 aliphatic heterocycles. The smallest absolute Gasteiger partial charge is 0.0419 e. The van der Waals surface area contributed by atoms with Crippen molar-refractivity contribution < 1.29 is 0 Å². The molecule has 0 unspecified atom stereocenters. The topological polar surface area (TPSA) is 24.9 Å². The SMILES string of the molecule is Cc1cccc(CCNC(C)C)n1. The van der Waals surface area contributed by atoms with E-state index in [1.807, 2.05) is 13.0 Å². The predicted molar refractivity (Wildman–Crippen MR) is 55.8 cm³/mol. The molecule has 0 bridgehead atoms. The second-order valence-corrected chi connectivity index (χ2v) is 3.63. The molecule has 1 aromatic rings. The van der Waals surface area contributed by atoms with E-state index in [0.29, 0.717) is 6.04 Å². The quantitative estimate of drug-likeness (QED) is 0.762. The van der Waals surface area contributed by atoms with Crippen molar-refractivity contribution in [2.45, 2.75) is 33.2 Å². The van der Waals surface area contributed by atoms with Gasteiger partial charge in [0.1, 0.15) is 0 Å². The Hall–Kier alpha value is -0.890. The van der Waals surface area contributed by atoms with E-state index in [1.165, 1.54) is 5.69 Å². The van der Waals surface area contributed by atoms with Crippen molar-refractivity contribution >= 4 is 0 Å². The second kappa shape index (κ2) is 4.97. The van der Waals surface area contributed by atoms with Crippen LogP contribution >= 0.6 is 0 Å². The van der Waals surface area contributed by atoms with Crippen LogP contribution in [0, 0.1) is 6.92 Å². The van der Waals surface area contributed by atoms with Crippen molar-refractivity contribution in [2.24, 2.45) is 0 Å². The fraction of sp³-hybridized carbons (Fsp3) is 0.545. The lowest BCUT2D eigenvalue weighted by Crippen LogP contribution is -2.25. The van der Waals surface area contributed by atoms with Crippen LogP contribution in [0.3, 0.4) is 0 Å². The summed E-state index contributed by atoms with van der Waals surface area (Å²) in [5, 5.41) is 3.37. The molecule has 2 nitrogen and oxygen atoms in total. The molecule has 0 spiro atoms. The van der Waals surface area contributed by atoms with Crippen molar-refractivity contribution in [3.05, 3.63) is 29.6 Å². The van der Waals surface area contributed by atoms with Crippen molar-refractivity contribution in [3.63, 3.8) is 0 Å². The predicted octanol–water partition coefficient (Wildman–Crippen LogP) is 1.93. The standard InChI is InChI=1S/C11H18N2/c1-9(2)12-8-7-11-6-4-5-10(3)13-11/h4-6,9,12H,7-8H2,1-3H3. The van der Waals surface area contributed by atoms with Crippen molar-refractivity contribution in [3.8, 4) is 0 Å². The van der Waals surface area contributed by atoms with E-state index >= 15 is 0 Å². The maximum absolute atomic E-state index is 4.43. The average Bonchev–Trinajstić information content (AvgIpc) is 2.03. The van der Waals surface area contributed by atoms with E-state index < -0.39 is 0 Å². The summed E-state index contributed by atoms with van der Waals surface area (Å²) >= 11 is 0. The fourth-order valence-corrected chi connectivity index (χ4v) is 1.23. The summed E-state index contributed by atoms with van der Waals surface area (Å²) in [4.78, 5) is 4.43.